The number of aromatic nitrogens is 3. The van der Waals surface area contributed by atoms with Gasteiger partial charge in [-0.25, -0.2) is 4.98 Å². The maximum atomic E-state index is 13.4. The summed E-state index contributed by atoms with van der Waals surface area (Å²) in [5.74, 6) is 0.499. The molecule has 0 spiro atoms. The number of aryl methyl sites for hydroxylation is 1. The minimum Gasteiger partial charge on any atom is -0.397 e. The van der Waals surface area contributed by atoms with Gasteiger partial charge in [0.1, 0.15) is 11.4 Å². The number of nitrogens with zero attached hydrogens (tertiary/aromatic N) is 2. The number of rotatable bonds is 4. The Balaban J connectivity index is 1.51. The van der Waals surface area contributed by atoms with E-state index in [4.69, 9.17) is 15.5 Å². The fourth-order valence-corrected chi connectivity index (χ4v) is 4.66. The average Bonchev–Trinajstić information content (AvgIpc) is 3.29. The number of para-hydroxylation sites is 1. The molecule has 6 rings (SSSR count). The number of pyridine rings is 1. The number of imidazole rings is 1. The van der Waals surface area contributed by atoms with Crippen LogP contribution in [0.1, 0.15) is 5.56 Å². The fraction of sp³-hybridized carbons (Fsp3) is 0.185. The van der Waals surface area contributed by atoms with Crippen LogP contribution >= 0.6 is 0 Å². The highest BCUT2D eigenvalue weighted by Crippen LogP contribution is 2.35. The number of ether oxygens (including phenoxy) is 1. The minimum atomic E-state index is -0.232. The van der Waals surface area contributed by atoms with Crippen LogP contribution < -0.4 is 21.5 Å². The summed E-state index contributed by atoms with van der Waals surface area (Å²) in [4.78, 5) is 26.8. The predicted octanol–water partition coefficient (Wildman–Crippen LogP) is 4.54. The quantitative estimate of drug-likeness (QED) is 0.289. The van der Waals surface area contributed by atoms with Gasteiger partial charge in [-0.1, -0.05) is 24.3 Å². The standard InChI is InChI=1S/C27H26N6O2/c1-16-6-8-21(19(28)14-16)29-25-18-4-2-3-5-20(18)32-27(34)24(25)26-30-22-9-7-17(15-23(22)31-26)33-10-12-35-13-11-33/h2-9,14-15H,10-13,28H2,1H3,(H,30,31)(H2,29,32,34). The number of hydrogen-bond acceptors (Lipinski definition) is 6. The summed E-state index contributed by atoms with van der Waals surface area (Å²) in [5.41, 5.74) is 13.1. The number of H-pyrrole nitrogens is 2. The lowest BCUT2D eigenvalue weighted by Crippen LogP contribution is -2.36. The molecule has 8 heteroatoms. The molecule has 0 atom stereocenters. The number of morpholine rings is 1. The summed E-state index contributed by atoms with van der Waals surface area (Å²) in [6.45, 7) is 5.13. The highest BCUT2D eigenvalue weighted by molar-refractivity contribution is 6.01. The van der Waals surface area contributed by atoms with Gasteiger partial charge in [0.2, 0.25) is 0 Å². The molecule has 5 aromatic rings. The number of nitrogens with two attached hydrogens (primary N) is 1. The van der Waals surface area contributed by atoms with Crippen LogP contribution in [0.15, 0.2) is 65.5 Å². The molecule has 3 heterocycles. The van der Waals surface area contributed by atoms with Crippen molar-refractivity contribution in [1.29, 1.82) is 0 Å². The summed E-state index contributed by atoms with van der Waals surface area (Å²) < 4.78 is 5.48. The largest absolute Gasteiger partial charge is 0.397 e. The van der Waals surface area contributed by atoms with Crippen molar-refractivity contribution in [1.82, 2.24) is 15.0 Å². The molecule has 1 aliphatic heterocycles. The maximum Gasteiger partial charge on any atom is 0.261 e. The average molecular weight is 467 g/mol. The number of hydrogen-bond donors (Lipinski definition) is 4. The van der Waals surface area contributed by atoms with E-state index in [1.165, 1.54) is 0 Å². The van der Waals surface area contributed by atoms with Crippen LogP contribution in [0.5, 0.6) is 0 Å². The molecular weight excluding hydrogens is 440 g/mol. The molecule has 2 aromatic heterocycles. The van der Waals surface area contributed by atoms with Crippen molar-refractivity contribution in [2.45, 2.75) is 6.92 Å². The first-order valence-electron chi connectivity index (χ1n) is 11.7. The van der Waals surface area contributed by atoms with E-state index >= 15 is 0 Å². The topological polar surface area (TPSA) is 112 Å². The monoisotopic (exact) mass is 466 g/mol. The van der Waals surface area contributed by atoms with E-state index in [2.05, 4.69) is 32.3 Å². The Morgan fingerprint density at radius 3 is 2.66 bits per heavy atom. The van der Waals surface area contributed by atoms with E-state index in [-0.39, 0.29) is 5.56 Å². The first-order chi connectivity index (χ1) is 17.1. The van der Waals surface area contributed by atoms with E-state index < -0.39 is 0 Å². The van der Waals surface area contributed by atoms with E-state index in [1.807, 2.05) is 55.5 Å². The third kappa shape index (κ3) is 3.87. The van der Waals surface area contributed by atoms with Gasteiger partial charge in [0.05, 0.1) is 46.8 Å². The van der Waals surface area contributed by atoms with E-state index in [9.17, 15) is 4.79 Å². The van der Waals surface area contributed by atoms with Crippen molar-refractivity contribution >= 4 is 44.7 Å². The molecule has 0 bridgehead atoms. The van der Waals surface area contributed by atoms with Crippen LogP contribution in [0.3, 0.4) is 0 Å². The number of fused-ring (bicyclic) bond motifs is 2. The zero-order valence-corrected chi connectivity index (χ0v) is 19.4. The Kier molecular flexibility index (Phi) is 5.15. The second-order valence-corrected chi connectivity index (χ2v) is 8.85. The molecule has 0 radical (unpaired) electrons. The van der Waals surface area contributed by atoms with Gasteiger partial charge in [0, 0.05) is 24.2 Å². The van der Waals surface area contributed by atoms with Crippen LogP contribution in [-0.4, -0.2) is 41.3 Å². The van der Waals surface area contributed by atoms with E-state index in [1.54, 1.807) is 0 Å². The molecular formula is C27H26N6O2. The van der Waals surface area contributed by atoms with Gasteiger partial charge < -0.3 is 30.7 Å². The number of anilines is 4. The Hall–Kier alpha value is -4.30. The van der Waals surface area contributed by atoms with Crippen LogP contribution in [-0.2, 0) is 4.74 Å². The van der Waals surface area contributed by atoms with Gasteiger partial charge in [0.25, 0.3) is 5.56 Å². The molecule has 0 unspecified atom stereocenters. The number of aromatic amines is 2. The lowest BCUT2D eigenvalue weighted by atomic mass is 10.1. The molecule has 1 saturated heterocycles. The highest BCUT2D eigenvalue weighted by Gasteiger charge is 2.20. The van der Waals surface area contributed by atoms with Gasteiger partial charge in [0.15, 0.2) is 0 Å². The summed E-state index contributed by atoms with van der Waals surface area (Å²) >= 11 is 0. The maximum absolute atomic E-state index is 13.4. The normalized spacial score (nSPS) is 14.0. The molecule has 5 N–H and O–H groups in total. The first kappa shape index (κ1) is 21.2. The molecule has 35 heavy (non-hydrogen) atoms. The summed E-state index contributed by atoms with van der Waals surface area (Å²) in [7, 11) is 0. The SMILES string of the molecule is Cc1ccc(Nc2c(-c3nc4ccc(N5CCOCC5)cc4[nH]3)c(=O)[nH]c3ccccc23)c(N)c1. The lowest BCUT2D eigenvalue weighted by molar-refractivity contribution is 0.122. The minimum absolute atomic E-state index is 0.232. The van der Waals surface area contributed by atoms with Crippen LogP contribution in [0.2, 0.25) is 0 Å². The molecule has 8 nitrogen and oxygen atoms in total. The van der Waals surface area contributed by atoms with Crippen molar-refractivity contribution in [3.8, 4) is 11.4 Å². The number of nitrogen functional groups attached to an aromatic ring is 1. The molecule has 0 aliphatic carbocycles. The Morgan fingerprint density at radius 2 is 1.83 bits per heavy atom. The number of benzene rings is 3. The molecule has 1 aliphatic rings. The lowest BCUT2D eigenvalue weighted by Gasteiger charge is -2.28. The van der Waals surface area contributed by atoms with Crippen molar-refractivity contribution in [3.05, 3.63) is 76.6 Å². The molecule has 1 fully saturated rings. The van der Waals surface area contributed by atoms with Gasteiger partial charge in [-0.2, -0.15) is 0 Å². The Bertz CT molecular complexity index is 1610. The second kappa shape index (κ2) is 8.48. The van der Waals surface area contributed by atoms with Crippen molar-refractivity contribution in [2.24, 2.45) is 0 Å². The fourth-order valence-electron chi connectivity index (χ4n) is 4.66. The third-order valence-corrected chi connectivity index (χ3v) is 6.47. The van der Waals surface area contributed by atoms with Crippen LogP contribution in [0, 0.1) is 6.92 Å². The zero-order chi connectivity index (χ0) is 23.9. The summed E-state index contributed by atoms with van der Waals surface area (Å²) in [5, 5.41) is 4.30. The second-order valence-electron chi connectivity index (χ2n) is 8.85. The van der Waals surface area contributed by atoms with Crippen molar-refractivity contribution in [2.75, 3.05) is 42.3 Å². The van der Waals surface area contributed by atoms with Crippen LogP contribution in [0.4, 0.5) is 22.7 Å². The summed E-state index contributed by atoms with van der Waals surface area (Å²) in [6.07, 6.45) is 0. The summed E-state index contributed by atoms with van der Waals surface area (Å²) in [6, 6.07) is 19.7. The Labute approximate surface area is 201 Å². The van der Waals surface area contributed by atoms with Crippen molar-refractivity contribution in [3.63, 3.8) is 0 Å². The Morgan fingerprint density at radius 1 is 1.00 bits per heavy atom. The van der Waals surface area contributed by atoms with Gasteiger partial charge >= 0.3 is 0 Å². The molecule has 3 aromatic carbocycles. The van der Waals surface area contributed by atoms with E-state index in [0.717, 1.165) is 65.2 Å². The third-order valence-electron chi connectivity index (χ3n) is 6.47. The van der Waals surface area contributed by atoms with Crippen LogP contribution in [0.25, 0.3) is 33.3 Å². The smallest absolute Gasteiger partial charge is 0.261 e. The predicted molar refractivity (Wildman–Crippen MR) is 142 cm³/mol. The van der Waals surface area contributed by atoms with Gasteiger partial charge in [-0.05, 0) is 48.9 Å². The van der Waals surface area contributed by atoms with E-state index in [0.29, 0.717) is 22.8 Å². The first-order valence-corrected chi connectivity index (χ1v) is 11.7. The molecule has 176 valence electrons. The number of nitrogens with one attached hydrogen (secondary N) is 3. The molecule has 0 amide bonds. The molecule has 0 saturated carbocycles. The van der Waals surface area contributed by atoms with Gasteiger partial charge in [-0.3, -0.25) is 4.79 Å². The zero-order valence-electron chi connectivity index (χ0n) is 19.4. The highest BCUT2D eigenvalue weighted by atomic mass is 16.5. The van der Waals surface area contributed by atoms with Crippen molar-refractivity contribution < 1.29 is 4.74 Å². The van der Waals surface area contributed by atoms with Gasteiger partial charge in [-0.15, -0.1) is 0 Å².